The molecule has 1 rings (SSSR count). The third kappa shape index (κ3) is 1.87. The quantitative estimate of drug-likeness (QED) is 0.501. The van der Waals surface area contributed by atoms with E-state index >= 15 is 0 Å². The molecule has 12 heavy (non-hydrogen) atoms. The number of halogens is 4. The molecule has 0 spiro atoms. The summed E-state index contributed by atoms with van der Waals surface area (Å²) in [6, 6.07) is 0. The van der Waals surface area contributed by atoms with Crippen molar-refractivity contribution in [3.63, 3.8) is 0 Å². The van der Waals surface area contributed by atoms with Crippen LogP contribution in [-0.4, -0.2) is 6.18 Å². The van der Waals surface area contributed by atoms with Crippen LogP contribution in [0.3, 0.4) is 0 Å². The lowest BCUT2D eigenvalue weighted by molar-refractivity contribution is -0.168. The van der Waals surface area contributed by atoms with Crippen molar-refractivity contribution in [2.45, 2.75) is 19.5 Å². The first-order chi connectivity index (χ1) is 5.41. The van der Waals surface area contributed by atoms with Crippen LogP contribution in [0.4, 0.5) is 17.6 Å². The number of hydrogen-bond acceptors (Lipinski definition) is 0. The smallest absolute Gasteiger partial charge is 0.211 e. The number of allylic oxidation sites excluding steroid dienone is 4. The highest BCUT2D eigenvalue weighted by molar-refractivity contribution is 5.22. The molecule has 0 N–H and O–H groups in total. The maximum atomic E-state index is 12.6. The minimum Gasteiger partial charge on any atom is -0.211 e. The zero-order valence-corrected chi connectivity index (χ0v) is 6.45. The van der Waals surface area contributed by atoms with Crippen molar-refractivity contribution in [3.05, 3.63) is 23.6 Å². The lowest BCUT2D eigenvalue weighted by atomic mass is 9.94. The van der Waals surface area contributed by atoms with E-state index in [0.717, 1.165) is 6.08 Å². The van der Waals surface area contributed by atoms with Gasteiger partial charge in [-0.3, -0.25) is 0 Å². The normalized spacial score (nSPS) is 24.9. The molecule has 68 valence electrons. The first-order valence-corrected chi connectivity index (χ1v) is 3.51. The van der Waals surface area contributed by atoms with Crippen LogP contribution in [0.2, 0.25) is 0 Å². The molecule has 1 aliphatic rings. The molecule has 0 heterocycles. The summed E-state index contributed by atoms with van der Waals surface area (Å²) < 4.78 is 48.8. The molecule has 0 nitrogen and oxygen atoms in total. The molecule has 0 aromatic rings. The Hall–Kier alpha value is -0.800. The van der Waals surface area contributed by atoms with Crippen LogP contribution in [0.15, 0.2) is 23.6 Å². The molecule has 1 unspecified atom stereocenters. The maximum absolute atomic E-state index is 12.6. The van der Waals surface area contributed by atoms with Gasteiger partial charge in [-0.05, 0) is 19.4 Å². The average molecular weight is 180 g/mol. The SMILES string of the molecule is CC1=CC=C(F)C(C(F)(F)F)C1. The highest BCUT2D eigenvalue weighted by Gasteiger charge is 2.43. The van der Waals surface area contributed by atoms with Crippen molar-refractivity contribution in [2.24, 2.45) is 5.92 Å². The summed E-state index contributed by atoms with van der Waals surface area (Å²) in [5.41, 5.74) is 0.554. The molecular formula is C8H8F4. The Balaban J connectivity index is 2.84. The largest absolute Gasteiger partial charge is 0.398 e. The second-order valence-electron chi connectivity index (χ2n) is 2.86. The van der Waals surface area contributed by atoms with E-state index in [-0.39, 0.29) is 6.42 Å². The molecule has 0 saturated carbocycles. The Morgan fingerprint density at radius 2 is 1.92 bits per heavy atom. The standard InChI is InChI=1S/C8H8F4/c1-5-2-3-7(9)6(4-5)8(10,11)12/h2-3,6H,4H2,1H3. The van der Waals surface area contributed by atoms with Crippen LogP contribution in [-0.2, 0) is 0 Å². The summed E-state index contributed by atoms with van der Waals surface area (Å²) in [7, 11) is 0. The van der Waals surface area contributed by atoms with Gasteiger partial charge in [-0.25, -0.2) is 4.39 Å². The van der Waals surface area contributed by atoms with Gasteiger partial charge in [-0.2, -0.15) is 13.2 Å². The second-order valence-corrected chi connectivity index (χ2v) is 2.86. The highest BCUT2D eigenvalue weighted by atomic mass is 19.4. The Labute approximate surface area is 67.6 Å². The van der Waals surface area contributed by atoms with E-state index in [0.29, 0.717) is 5.57 Å². The predicted molar refractivity (Wildman–Crippen MR) is 37.1 cm³/mol. The maximum Gasteiger partial charge on any atom is 0.398 e. The molecule has 0 aliphatic heterocycles. The van der Waals surface area contributed by atoms with Gasteiger partial charge in [0.15, 0.2) is 0 Å². The van der Waals surface area contributed by atoms with Gasteiger partial charge in [0.2, 0.25) is 0 Å². The molecule has 1 atom stereocenters. The van der Waals surface area contributed by atoms with E-state index < -0.39 is 17.9 Å². The summed E-state index contributed by atoms with van der Waals surface area (Å²) >= 11 is 0. The Morgan fingerprint density at radius 3 is 2.33 bits per heavy atom. The van der Waals surface area contributed by atoms with Crippen LogP contribution in [0.5, 0.6) is 0 Å². The van der Waals surface area contributed by atoms with E-state index in [9.17, 15) is 17.6 Å². The van der Waals surface area contributed by atoms with Gasteiger partial charge in [0.05, 0.1) is 0 Å². The summed E-state index contributed by atoms with van der Waals surface area (Å²) in [5.74, 6) is -3.02. The van der Waals surface area contributed by atoms with Gasteiger partial charge in [0, 0.05) is 0 Å². The van der Waals surface area contributed by atoms with Crippen LogP contribution in [0.25, 0.3) is 0 Å². The van der Waals surface area contributed by atoms with Gasteiger partial charge < -0.3 is 0 Å². The molecule has 0 saturated heterocycles. The number of alkyl halides is 3. The third-order valence-electron chi connectivity index (χ3n) is 1.78. The lowest BCUT2D eigenvalue weighted by Gasteiger charge is -2.21. The van der Waals surface area contributed by atoms with E-state index in [2.05, 4.69) is 0 Å². The first-order valence-electron chi connectivity index (χ1n) is 3.51. The van der Waals surface area contributed by atoms with Crippen LogP contribution in [0, 0.1) is 5.92 Å². The predicted octanol–water partition coefficient (Wildman–Crippen LogP) is 3.37. The van der Waals surface area contributed by atoms with E-state index in [1.807, 2.05) is 0 Å². The van der Waals surface area contributed by atoms with Crippen LogP contribution >= 0.6 is 0 Å². The Morgan fingerprint density at radius 1 is 1.33 bits per heavy atom. The van der Waals surface area contributed by atoms with E-state index in [1.54, 1.807) is 6.92 Å². The van der Waals surface area contributed by atoms with Crippen molar-refractivity contribution >= 4 is 0 Å². The fourth-order valence-corrected chi connectivity index (χ4v) is 1.10. The van der Waals surface area contributed by atoms with E-state index in [1.165, 1.54) is 6.08 Å². The molecular weight excluding hydrogens is 172 g/mol. The van der Waals surface area contributed by atoms with Crippen LogP contribution in [0.1, 0.15) is 13.3 Å². The third-order valence-corrected chi connectivity index (χ3v) is 1.78. The van der Waals surface area contributed by atoms with Crippen molar-refractivity contribution in [2.75, 3.05) is 0 Å². The summed E-state index contributed by atoms with van der Waals surface area (Å²) in [4.78, 5) is 0. The molecule has 1 aliphatic carbocycles. The van der Waals surface area contributed by atoms with Gasteiger partial charge >= 0.3 is 6.18 Å². The summed E-state index contributed by atoms with van der Waals surface area (Å²) in [6.45, 7) is 1.56. The van der Waals surface area contributed by atoms with Crippen LogP contribution < -0.4 is 0 Å². The topological polar surface area (TPSA) is 0 Å². The van der Waals surface area contributed by atoms with Gasteiger partial charge in [0.1, 0.15) is 11.7 Å². The first kappa shape index (κ1) is 9.29. The molecule has 0 aromatic heterocycles. The van der Waals surface area contributed by atoms with Gasteiger partial charge in [-0.1, -0.05) is 11.6 Å². The van der Waals surface area contributed by atoms with Crippen molar-refractivity contribution in [3.8, 4) is 0 Å². The summed E-state index contributed by atoms with van der Waals surface area (Å²) in [6.07, 6.45) is -2.46. The molecule has 0 aromatic carbocycles. The fourth-order valence-electron chi connectivity index (χ4n) is 1.10. The molecule has 0 bridgehead atoms. The second kappa shape index (κ2) is 2.92. The van der Waals surface area contributed by atoms with Gasteiger partial charge in [0.25, 0.3) is 0 Å². The Kier molecular flexibility index (Phi) is 2.26. The highest BCUT2D eigenvalue weighted by Crippen LogP contribution is 2.38. The minimum absolute atomic E-state index is 0.258. The molecule has 0 fully saturated rings. The van der Waals surface area contributed by atoms with Gasteiger partial charge in [-0.15, -0.1) is 0 Å². The monoisotopic (exact) mass is 180 g/mol. The van der Waals surface area contributed by atoms with Crippen molar-refractivity contribution < 1.29 is 17.6 Å². The fraction of sp³-hybridized carbons (Fsp3) is 0.500. The molecule has 4 heteroatoms. The number of rotatable bonds is 0. The number of hydrogen-bond donors (Lipinski definition) is 0. The zero-order valence-electron chi connectivity index (χ0n) is 6.45. The molecule has 0 radical (unpaired) electrons. The average Bonchev–Trinajstić information content (AvgIpc) is 1.92. The minimum atomic E-state index is -4.46. The lowest BCUT2D eigenvalue weighted by Crippen LogP contribution is -2.25. The zero-order chi connectivity index (χ0) is 9.35. The molecule has 0 amide bonds. The van der Waals surface area contributed by atoms with Crippen molar-refractivity contribution in [1.82, 2.24) is 0 Å². The van der Waals surface area contributed by atoms with Crippen molar-refractivity contribution in [1.29, 1.82) is 0 Å². The Bertz CT molecular complexity index is 234. The van der Waals surface area contributed by atoms with E-state index in [4.69, 9.17) is 0 Å². The summed E-state index contributed by atoms with van der Waals surface area (Å²) in [5, 5.41) is 0.